The van der Waals surface area contributed by atoms with E-state index >= 15 is 0 Å². The van der Waals surface area contributed by atoms with E-state index in [0.717, 1.165) is 12.8 Å². The average Bonchev–Trinajstić information content (AvgIpc) is 2.33. The van der Waals surface area contributed by atoms with Gasteiger partial charge in [0.05, 0.1) is 11.6 Å². The summed E-state index contributed by atoms with van der Waals surface area (Å²) in [5.41, 5.74) is 0.454. The molecule has 16 heavy (non-hydrogen) atoms. The summed E-state index contributed by atoms with van der Waals surface area (Å²) in [7, 11) is 0. The quantitative estimate of drug-likeness (QED) is 0.863. The van der Waals surface area contributed by atoms with Gasteiger partial charge in [-0.2, -0.15) is 0 Å². The standard InChI is InChI=1S/C12H12ClFO2/c13-9-5-4-8(7-10(9)14)12(15)11-3-1-2-6-16-11/h3-5,7,12,15H,1-2,6H2. The third kappa shape index (κ3) is 2.36. The molecular weight excluding hydrogens is 231 g/mol. The van der Waals surface area contributed by atoms with E-state index in [1.807, 2.05) is 6.08 Å². The van der Waals surface area contributed by atoms with Crippen molar-refractivity contribution in [3.05, 3.63) is 46.4 Å². The van der Waals surface area contributed by atoms with Crippen LogP contribution in [0.25, 0.3) is 0 Å². The summed E-state index contributed by atoms with van der Waals surface area (Å²) < 4.78 is 18.5. The first-order chi connectivity index (χ1) is 7.68. The summed E-state index contributed by atoms with van der Waals surface area (Å²) >= 11 is 5.57. The molecule has 0 saturated heterocycles. The number of benzene rings is 1. The van der Waals surface area contributed by atoms with Crippen LogP contribution in [0.1, 0.15) is 24.5 Å². The second-order valence-electron chi connectivity index (χ2n) is 3.67. The minimum atomic E-state index is -0.910. The second kappa shape index (κ2) is 4.85. The fourth-order valence-corrected chi connectivity index (χ4v) is 1.73. The maximum absolute atomic E-state index is 13.2. The van der Waals surface area contributed by atoms with Crippen LogP contribution in [0.2, 0.25) is 5.02 Å². The number of rotatable bonds is 2. The monoisotopic (exact) mass is 242 g/mol. The van der Waals surface area contributed by atoms with Gasteiger partial charge in [0, 0.05) is 0 Å². The lowest BCUT2D eigenvalue weighted by molar-refractivity contribution is 0.0916. The Morgan fingerprint density at radius 1 is 1.44 bits per heavy atom. The van der Waals surface area contributed by atoms with Gasteiger partial charge in [0.15, 0.2) is 0 Å². The van der Waals surface area contributed by atoms with Gasteiger partial charge in [-0.05, 0) is 36.6 Å². The van der Waals surface area contributed by atoms with Crippen LogP contribution in [0.5, 0.6) is 0 Å². The molecule has 0 saturated carbocycles. The van der Waals surface area contributed by atoms with Crippen molar-refractivity contribution in [2.45, 2.75) is 18.9 Å². The smallest absolute Gasteiger partial charge is 0.142 e. The second-order valence-corrected chi connectivity index (χ2v) is 4.08. The van der Waals surface area contributed by atoms with Crippen molar-refractivity contribution in [1.82, 2.24) is 0 Å². The molecule has 0 radical (unpaired) electrons. The molecule has 0 bridgehead atoms. The number of hydrogen-bond acceptors (Lipinski definition) is 2. The molecular formula is C12H12ClFO2. The normalized spacial score (nSPS) is 17.6. The first-order valence-electron chi connectivity index (χ1n) is 5.14. The average molecular weight is 243 g/mol. The molecule has 4 heteroatoms. The molecule has 0 aliphatic carbocycles. The highest BCUT2D eigenvalue weighted by molar-refractivity contribution is 6.30. The molecule has 0 amide bonds. The zero-order valence-electron chi connectivity index (χ0n) is 8.62. The van der Waals surface area contributed by atoms with Crippen molar-refractivity contribution in [3.8, 4) is 0 Å². The number of aliphatic hydroxyl groups is 1. The third-order valence-electron chi connectivity index (χ3n) is 2.49. The topological polar surface area (TPSA) is 29.5 Å². The Labute approximate surface area is 98.3 Å². The number of halogens is 2. The molecule has 1 unspecified atom stereocenters. The fourth-order valence-electron chi connectivity index (χ4n) is 1.61. The van der Waals surface area contributed by atoms with Crippen LogP contribution in [-0.4, -0.2) is 11.7 Å². The Morgan fingerprint density at radius 2 is 2.25 bits per heavy atom. The van der Waals surface area contributed by atoms with Gasteiger partial charge in [-0.25, -0.2) is 4.39 Å². The molecule has 1 atom stereocenters. The summed E-state index contributed by atoms with van der Waals surface area (Å²) in [6.07, 6.45) is 2.75. The minimum Gasteiger partial charge on any atom is -0.495 e. The summed E-state index contributed by atoms with van der Waals surface area (Å²) in [5.74, 6) is -0.0393. The van der Waals surface area contributed by atoms with Crippen LogP contribution < -0.4 is 0 Å². The molecule has 1 N–H and O–H groups in total. The summed E-state index contributed by atoms with van der Waals surface area (Å²) in [5, 5.41) is 10.0. The Kier molecular flexibility index (Phi) is 3.46. The molecule has 2 nitrogen and oxygen atoms in total. The van der Waals surface area contributed by atoms with Gasteiger partial charge < -0.3 is 9.84 Å². The highest BCUT2D eigenvalue weighted by Gasteiger charge is 2.18. The van der Waals surface area contributed by atoms with E-state index in [1.165, 1.54) is 12.1 Å². The first kappa shape index (κ1) is 11.4. The van der Waals surface area contributed by atoms with Crippen LogP contribution in [0.3, 0.4) is 0 Å². The Bertz CT molecular complexity index is 417. The van der Waals surface area contributed by atoms with E-state index in [0.29, 0.717) is 17.9 Å². The zero-order chi connectivity index (χ0) is 11.5. The molecule has 1 aliphatic rings. The SMILES string of the molecule is OC(C1=CCCCO1)c1ccc(Cl)c(F)c1. The van der Waals surface area contributed by atoms with Crippen LogP contribution in [0.15, 0.2) is 30.0 Å². The number of hydrogen-bond donors (Lipinski definition) is 1. The lowest BCUT2D eigenvalue weighted by atomic mass is 10.1. The molecule has 2 rings (SSSR count). The maximum atomic E-state index is 13.2. The highest BCUT2D eigenvalue weighted by atomic mass is 35.5. The summed E-state index contributed by atoms with van der Waals surface area (Å²) in [4.78, 5) is 0. The molecule has 0 fully saturated rings. The van der Waals surface area contributed by atoms with Gasteiger partial charge in [-0.3, -0.25) is 0 Å². The Morgan fingerprint density at radius 3 is 2.88 bits per heavy atom. The van der Waals surface area contributed by atoms with Gasteiger partial charge in [0.25, 0.3) is 0 Å². The van der Waals surface area contributed by atoms with E-state index in [9.17, 15) is 9.50 Å². The molecule has 0 aromatic heterocycles. The molecule has 0 spiro atoms. The van der Waals surface area contributed by atoms with Crippen molar-refractivity contribution in [2.24, 2.45) is 0 Å². The van der Waals surface area contributed by atoms with E-state index in [4.69, 9.17) is 16.3 Å². The Balaban J connectivity index is 2.22. The fraction of sp³-hybridized carbons (Fsp3) is 0.333. The van der Waals surface area contributed by atoms with Crippen molar-refractivity contribution >= 4 is 11.6 Å². The molecule has 1 aromatic rings. The minimum absolute atomic E-state index is 0.0505. The van der Waals surface area contributed by atoms with E-state index in [1.54, 1.807) is 6.07 Å². The maximum Gasteiger partial charge on any atom is 0.142 e. The van der Waals surface area contributed by atoms with Gasteiger partial charge in [0.1, 0.15) is 17.7 Å². The molecule has 1 aromatic carbocycles. The van der Waals surface area contributed by atoms with Gasteiger partial charge in [-0.15, -0.1) is 0 Å². The predicted molar refractivity (Wildman–Crippen MR) is 59.6 cm³/mol. The van der Waals surface area contributed by atoms with Crippen molar-refractivity contribution < 1.29 is 14.2 Å². The zero-order valence-corrected chi connectivity index (χ0v) is 9.38. The van der Waals surface area contributed by atoms with Gasteiger partial charge in [-0.1, -0.05) is 17.7 Å². The van der Waals surface area contributed by atoms with Gasteiger partial charge >= 0.3 is 0 Å². The lowest BCUT2D eigenvalue weighted by Crippen LogP contribution is -2.10. The van der Waals surface area contributed by atoms with Crippen molar-refractivity contribution in [2.75, 3.05) is 6.61 Å². The van der Waals surface area contributed by atoms with Gasteiger partial charge in [0.2, 0.25) is 0 Å². The van der Waals surface area contributed by atoms with E-state index in [-0.39, 0.29) is 5.02 Å². The predicted octanol–water partition coefficient (Wildman–Crippen LogP) is 3.21. The largest absolute Gasteiger partial charge is 0.495 e. The van der Waals surface area contributed by atoms with Crippen LogP contribution >= 0.6 is 11.6 Å². The molecule has 86 valence electrons. The van der Waals surface area contributed by atoms with Crippen molar-refractivity contribution in [3.63, 3.8) is 0 Å². The first-order valence-corrected chi connectivity index (χ1v) is 5.52. The summed E-state index contributed by atoms with van der Waals surface area (Å²) in [6.45, 7) is 0.596. The number of ether oxygens (including phenoxy) is 1. The van der Waals surface area contributed by atoms with E-state index < -0.39 is 11.9 Å². The number of aliphatic hydroxyl groups excluding tert-OH is 1. The molecule has 1 aliphatic heterocycles. The molecule has 1 heterocycles. The highest BCUT2D eigenvalue weighted by Crippen LogP contribution is 2.27. The lowest BCUT2D eigenvalue weighted by Gasteiger charge is -2.20. The van der Waals surface area contributed by atoms with Crippen molar-refractivity contribution in [1.29, 1.82) is 0 Å². The van der Waals surface area contributed by atoms with Crippen LogP contribution in [-0.2, 0) is 4.74 Å². The summed E-state index contributed by atoms with van der Waals surface area (Å²) in [6, 6.07) is 4.25. The third-order valence-corrected chi connectivity index (χ3v) is 2.80. The van der Waals surface area contributed by atoms with Crippen LogP contribution in [0.4, 0.5) is 4.39 Å². The van der Waals surface area contributed by atoms with E-state index in [2.05, 4.69) is 0 Å². The van der Waals surface area contributed by atoms with Crippen LogP contribution in [0, 0.1) is 5.82 Å². The number of allylic oxidation sites excluding steroid dienone is 1. The Hall–Kier alpha value is -1.06.